The summed E-state index contributed by atoms with van der Waals surface area (Å²) < 4.78 is 45.4. The van der Waals surface area contributed by atoms with Crippen molar-refractivity contribution in [3.05, 3.63) is 54.2 Å². The van der Waals surface area contributed by atoms with Gasteiger partial charge in [-0.15, -0.1) is 0 Å². The normalized spacial score (nSPS) is 14.5. The second kappa shape index (κ2) is 9.21. The largest absolute Gasteiger partial charge is 0.421 e. The van der Waals surface area contributed by atoms with E-state index in [1.54, 1.807) is 6.20 Å². The van der Waals surface area contributed by atoms with Crippen LogP contribution in [0.3, 0.4) is 0 Å². The van der Waals surface area contributed by atoms with Gasteiger partial charge in [-0.25, -0.2) is 9.97 Å². The van der Waals surface area contributed by atoms with E-state index in [0.29, 0.717) is 25.3 Å². The highest BCUT2D eigenvalue weighted by Crippen LogP contribution is 2.34. The topological polar surface area (TPSA) is 91.0 Å². The number of ether oxygens (including phenoxy) is 1. The molecule has 11 heteroatoms. The van der Waals surface area contributed by atoms with Crippen LogP contribution < -0.4 is 15.5 Å². The minimum Gasteiger partial charge on any atom is -0.378 e. The van der Waals surface area contributed by atoms with Crippen LogP contribution >= 0.6 is 0 Å². The molecule has 164 valence electrons. The molecule has 0 aliphatic carbocycles. The lowest BCUT2D eigenvalue weighted by molar-refractivity contribution is -0.137. The Morgan fingerprint density at radius 2 is 1.87 bits per heavy atom. The Morgan fingerprint density at radius 1 is 1.10 bits per heavy atom. The minimum atomic E-state index is -4.56. The Morgan fingerprint density at radius 3 is 2.55 bits per heavy atom. The van der Waals surface area contributed by atoms with Gasteiger partial charge < -0.3 is 25.3 Å². The number of benzene rings is 1. The summed E-state index contributed by atoms with van der Waals surface area (Å²) in [7, 11) is 0. The highest BCUT2D eigenvalue weighted by Gasteiger charge is 2.35. The maximum Gasteiger partial charge on any atom is 0.421 e. The molecule has 0 bridgehead atoms. The number of nitrogens with zero attached hydrogens (tertiary/aromatic N) is 4. The molecule has 0 atom stereocenters. The van der Waals surface area contributed by atoms with Crippen molar-refractivity contribution in [3.8, 4) is 0 Å². The van der Waals surface area contributed by atoms with Crippen LogP contribution in [0.5, 0.6) is 0 Å². The smallest absolute Gasteiger partial charge is 0.378 e. The first kappa shape index (κ1) is 20.9. The number of aromatic nitrogens is 4. The van der Waals surface area contributed by atoms with Gasteiger partial charge >= 0.3 is 6.18 Å². The number of nitrogens with one attached hydrogen (secondary N) is 3. The third-order valence-corrected chi connectivity index (χ3v) is 4.82. The number of H-pyrrole nitrogens is 1. The van der Waals surface area contributed by atoms with Crippen molar-refractivity contribution >= 4 is 23.1 Å². The third-order valence-electron chi connectivity index (χ3n) is 4.82. The summed E-state index contributed by atoms with van der Waals surface area (Å²) in [5, 5.41) is 5.72. The van der Waals surface area contributed by atoms with Crippen molar-refractivity contribution < 1.29 is 17.9 Å². The van der Waals surface area contributed by atoms with Gasteiger partial charge in [-0.05, 0) is 24.3 Å². The number of imidazole rings is 1. The number of hydrogen-bond donors (Lipinski definition) is 3. The van der Waals surface area contributed by atoms with Crippen molar-refractivity contribution in [1.29, 1.82) is 0 Å². The highest BCUT2D eigenvalue weighted by molar-refractivity contribution is 5.61. The van der Waals surface area contributed by atoms with Crippen LogP contribution in [0.2, 0.25) is 0 Å². The number of rotatable bonds is 7. The van der Waals surface area contributed by atoms with E-state index in [0.717, 1.165) is 30.7 Å². The van der Waals surface area contributed by atoms with E-state index < -0.39 is 11.7 Å². The van der Waals surface area contributed by atoms with Gasteiger partial charge in [0.25, 0.3) is 0 Å². The first-order valence-electron chi connectivity index (χ1n) is 9.84. The van der Waals surface area contributed by atoms with E-state index in [-0.39, 0.29) is 18.3 Å². The fourth-order valence-corrected chi connectivity index (χ4v) is 3.23. The maximum absolute atomic E-state index is 13.4. The average molecular weight is 433 g/mol. The molecule has 1 aromatic carbocycles. The van der Waals surface area contributed by atoms with Crippen molar-refractivity contribution in [3.63, 3.8) is 0 Å². The van der Waals surface area contributed by atoms with E-state index in [1.165, 1.54) is 6.33 Å². The Labute approximate surface area is 176 Å². The summed E-state index contributed by atoms with van der Waals surface area (Å²) in [5.74, 6) is -0.195. The molecule has 1 fully saturated rings. The summed E-state index contributed by atoms with van der Waals surface area (Å²) in [6.45, 7) is 3.27. The Balaban J connectivity index is 1.46. The molecule has 3 aromatic rings. The number of aromatic amines is 1. The van der Waals surface area contributed by atoms with Crippen LogP contribution in [-0.2, 0) is 17.3 Å². The van der Waals surface area contributed by atoms with E-state index in [2.05, 4.69) is 35.5 Å². The first-order chi connectivity index (χ1) is 15.0. The van der Waals surface area contributed by atoms with Crippen molar-refractivity contribution in [2.45, 2.75) is 12.6 Å². The van der Waals surface area contributed by atoms with Crippen LogP contribution in [-0.4, -0.2) is 52.8 Å². The summed E-state index contributed by atoms with van der Waals surface area (Å²) in [6.07, 6.45) is -0.106. The molecule has 1 aliphatic rings. The molecule has 1 saturated heterocycles. The standard InChI is InChI=1S/C20H22F3N7O/c21-20(22,23)17-12-26-19(29-18(17)25-6-5-15-11-24-13-27-15)28-14-1-3-16(4-2-14)30-7-9-31-10-8-30/h1-4,11-13H,5-10H2,(H,24,27)(H2,25,26,28,29). The van der Waals surface area contributed by atoms with Crippen LogP contribution in [0.1, 0.15) is 11.3 Å². The van der Waals surface area contributed by atoms with Gasteiger partial charge in [-0.2, -0.15) is 18.2 Å². The monoisotopic (exact) mass is 433 g/mol. The molecule has 2 aromatic heterocycles. The second-order valence-corrected chi connectivity index (χ2v) is 6.96. The average Bonchev–Trinajstić information content (AvgIpc) is 3.28. The molecule has 31 heavy (non-hydrogen) atoms. The zero-order valence-corrected chi connectivity index (χ0v) is 16.6. The molecule has 8 nitrogen and oxygen atoms in total. The third kappa shape index (κ3) is 5.43. The van der Waals surface area contributed by atoms with Gasteiger partial charge in [0.1, 0.15) is 11.4 Å². The Hall–Kier alpha value is -3.34. The minimum absolute atomic E-state index is 0.0781. The van der Waals surface area contributed by atoms with Crippen LogP contribution in [0, 0.1) is 0 Å². The number of halogens is 3. The summed E-state index contributed by atoms with van der Waals surface area (Å²) in [5.41, 5.74) is 1.57. The highest BCUT2D eigenvalue weighted by atomic mass is 19.4. The fourth-order valence-electron chi connectivity index (χ4n) is 3.23. The molecule has 4 rings (SSSR count). The summed E-state index contributed by atoms with van der Waals surface area (Å²) in [6, 6.07) is 7.58. The van der Waals surface area contributed by atoms with Crippen molar-refractivity contribution in [1.82, 2.24) is 19.9 Å². The van der Waals surface area contributed by atoms with Crippen LogP contribution in [0.4, 0.5) is 36.3 Å². The number of alkyl halides is 3. The summed E-state index contributed by atoms with van der Waals surface area (Å²) >= 11 is 0. The fraction of sp³-hybridized carbons (Fsp3) is 0.350. The molecule has 1 aliphatic heterocycles. The lowest BCUT2D eigenvalue weighted by Crippen LogP contribution is -2.36. The number of anilines is 4. The predicted octanol–water partition coefficient (Wildman–Crippen LogP) is 3.45. The predicted molar refractivity (Wildman–Crippen MR) is 111 cm³/mol. The second-order valence-electron chi connectivity index (χ2n) is 6.96. The van der Waals surface area contributed by atoms with E-state index >= 15 is 0 Å². The summed E-state index contributed by atoms with van der Waals surface area (Å²) in [4.78, 5) is 17.0. The van der Waals surface area contributed by atoms with Crippen molar-refractivity contribution in [2.75, 3.05) is 48.4 Å². The lowest BCUT2D eigenvalue weighted by atomic mass is 10.2. The molecule has 0 spiro atoms. The van der Waals surface area contributed by atoms with Crippen LogP contribution in [0.25, 0.3) is 0 Å². The first-order valence-corrected chi connectivity index (χ1v) is 9.84. The molecule has 0 amide bonds. The van der Waals surface area contributed by atoms with Gasteiger partial charge in [-0.1, -0.05) is 0 Å². The van der Waals surface area contributed by atoms with Gasteiger partial charge in [0, 0.05) is 49.8 Å². The Kier molecular flexibility index (Phi) is 6.21. The molecule has 0 saturated carbocycles. The van der Waals surface area contributed by atoms with Crippen LogP contribution in [0.15, 0.2) is 43.0 Å². The number of hydrogen-bond acceptors (Lipinski definition) is 7. The zero-order valence-electron chi connectivity index (χ0n) is 16.6. The van der Waals surface area contributed by atoms with Gasteiger partial charge in [-0.3, -0.25) is 0 Å². The lowest BCUT2D eigenvalue weighted by Gasteiger charge is -2.28. The van der Waals surface area contributed by atoms with E-state index in [9.17, 15) is 13.2 Å². The van der Waals surface area contributed by atoms with Gasteiger partial charge in [0.2, 0.25) is 5.95 Å². The molecular weight excluding hydrogens is 411 g/mol. The molecule has 3 heterocycles. The Bertz CT molecular complexity index is 971. The van der Waals surface area contributed by atoms with E-state index in [4.69, 9.17) is 4.74 Å². The van der Waals surface area contributed by atoms with Gasteiger partial charge in [0.15, 0.2) is 0 Å². The molecule has 0 radical (unpaired) electrons. The molecular formula is C20H22F3N7O. The van der Waals surface area contributed by atoms with Crippen molar-refractivity contribution in [2.24, 2.45) is 0 Å². The van der Waals surface area contributed by atoms with E-state index in [1.807, 2.05) is 24.3 Å². The molecule has 3 N–H and O–H groups in total. The zero-order chi connectivity index (χ0) is 21.7. The number of morpholine rings is 1. The molecule has 0 unspecified atom stereocenters. The maximum atomic E-state index is 13.4. The van der Waals surface area contributed by atoms with Gasteiger partial charge in [0.05, 0.1) is 25.2 Å². The quantitative estimate of drug-likeness (QED) is 0.526. The SMILES string of the molecule is FC(F)(F)c1cnc(Nc2ccc(N3CCOCC3)cc2)nc1NCCc1c[nH]cn1.